The molecule has 1 saturated heterocycles. The van der Waals surface area contributed by atoms with E-state index in [0.717, 1.165) is 11.1 Å². The topological polar surface area (TPSA) is 107 Å². The highest BCUT2D eigenvalue weighted by molar-refractivity contribution is 7.91. The van der Waals surface area contributed by atoms with Crippen molar-refractivity contribution < 1.29 is 23.7 Å². The molecule has 1 aliphatic rings. The molecule has 4 N–H and O–H groups in total. The third-order valence-corrected chi connectivity index (χ3v) is 7.81. The second-order valence-corrected chi connectivity index (χ2v) is 11.0. The van der Waals surface area contributed by atoms with Crippen LogP contribution < -0.4 is 5.32 Å². The van der Waals surface area contributed by atoms with E-state index in [1.807, 2.05) is 12.1 Å². The number of aliphatic hydroxyl groups excluding tert-OH is 2. The van der Waals surface area contributed by atoms with Gasteiger partial charge in [0.1, 0.15) is 5.75 Å². The fourth-order valence-electron chi connectivity index (χ4n) is 4.25. The molecule has 0 unspecified atom stereocenters. The van der Waals surface area contributed by atoms with Gasteiger partial charge < -0.3 is 20.6 Å². The maximum absolute atomic E-state index is 12.6. The van der Waals surface area contributed by atoms with Crippen LogP contribution in [0.3, 0.4) is 0 Å². The van der Waals surface area contributed by atoms with Gasteiger partial charge in [-0.05, 0) is 47.1 Å². The minimum absolute atomic E-state index is 0.0641. The fourth-order valence-corrected chi connectivity index (χ4v) is 6.22. The van der Waals surface area contributed by atoms with Gasteiger partial charge in [0.2, 0.25) is 0 Å². The number of hydrogen-bond donors (Lipinski definition) is 4. The molecule has 0 amide bonds. The van der Waals surface area contributed by atoms with E-state index in [9.17, 15) is 18.6 Å². The smallest absolute Gasteiger partial charge is 0.152 e. The quantitative estimate of drug-likeness (QED) is 0.494. The highest BCUT2D eigenvalue weighted by Gasteiger charge is 2.39. The van der Waals surface area contributed by atoms with Gasteiger partial charge in [-0.1, -0.05) is 50.2 Å². The molecule has 0 bridgehead atoms. The summed E-state index contributed by atoms with van der Waals surface area (Å²) in [4.78, 5) is 0. The van der Waals surface area contributed by atoms with Gasteiger partial charge >= 0.3 is 0 Å². The standard InChI is InChI=1S/C24H33NO5S/c1-16(2)19-5-3-4-18(12-19)13-25-22-15-31(29,30)14-21(24(22)28)11-17-6-7-23(27)20(10-17)8-9-26/h3-7,10,12,16,21-22,24-28H,8-9,11,13-15H2,1-2H3/t21-,22+,24+/m1/s1. The number of sulfone groups is 1. The van der Waals surface area contributed by atoms with Gasteiger partial charge in [0.25, 0.3) is 0 Å². The first kappa shape index (κ1) is 23.7. The van der Waals surface area contributed by atoms with Crippen LogP contribution in [0, 0.1) is 5.92 Å². The summed E-state index contributed by atoms with van der Waals surface area (Å²) >= 11 is 0. The van der Waals surface area contributed by atoms with Crippen LogP contribution >= 0.6 is 0 Å². The molecule has 6 nitrogen and oxygen atoms in total. The molecule has 0 saturated carbocycles. The summed E-state index contributed by atoms with van der Waals surface area (Å²) in [5.74, 6) is -0.0702. The Bertz CT molecular complexity index is 989. The van der Waals surface area contributed by atoms with E-state index < -0.39 is 27.9 Å². The second-order valence-electron chi connectivity index (χ2n) is 8.86. The molecular formula is C24H33NO5S. The lowest BCUT2D eigenvalue weighted by Crippen LogP contribution is -2.54. The summed E-state index contributed by atoms with van der Waals surface area (Å²) in [6.07, 6.45) is -0.0859. The zero-order valence-corrected chi connectivity index (χ0v) is 19.0. The molecule has 2 aromatic rings. The van der Waals surface area contributed by atoms with Gasteiger partial charge in [0.05, 0.1) is 17.6 Å². The Labute approximate surface area is 184 Å². The monoisotopic (exact) mass is 447 g/mol. The average Bonchev–Trinajstić information content (AvgIpc) is 2.72. The summed E-state index contributed by atoms with van der Waals surface area (Å²) in [6.45, 7) is 4.67. The second kappa shape index (κ2) is 10.1. The Balaban J connectivity index is 1.72. The average molecular weight is 448 g/mol. The van der Waals surface area contributed by atoms with Crippen molar-refractivity contribution in [2.75, 3.05) is 18.1 Å². The van der Waals surface area contributed by atoms with Crippen LogP contribution in [0.1, 0.15) is 42.0 Å². The van der Waals surface area contributed by atoms with Crippen LogP contribution in [0.25, 0.3) is 0 Å². The predicted molar refractivity (Wildman–Crippen MR) is 122 cm³/mol. The minimum atomic E-state index is -3.30. The Morgan fingerprint density at radius 2 is 1.87 bits per heavy atom. The van der Waals surface area contributed by atoms with Crippen molar-refractivity contribution in [3.8, 4) is 5.75 Å². The number of aliphatic hydroxyl groups is 2. The van der Waals surface area contributed by atoms with Crippen LogP contribution in [0.4, 0.5) is 0 Å². The Hall–Kier alpha value is -1.93. The normalized spacial score (nSPS) is 23.2. The number of rotatable bonds is 8. The maximum atomic E-state index is 12.6. The first-order valence-electron chi connectivity index (χ1n) is 10.8. The number of nitrogens with one attached hydrogen (secondary N) is 1. The molecule has 1 heterocycles. The largest absolute Gasteiger partial charge is 0.508 e. The lowest BCUT2D eigenvalue weighted by Gasteiger charge is -2.35. The van der Waals surface area contributed by atoms with Crippen molar-refractivity contribution in [2.45, 2.75) is 51.3 Å². The van der Waals surface area contributed by atoms with Crippen LogP contribution in [-0.2, 0) is 29.2 Å². The van der Waals surface area contributed by atoms with Crippen LogP contribution in [0.15, 0.2) is 42.5 Å². The number of hydrogen-bond acceptors (Lipinski definition) is 6. The Morgan fingerprint density at radius 3 is 2.58 bits per heavy atom. The van der Waals surface area contributed by atoms with Gasteiger partial charge in [0.15, 0.2) is 9.84 Å². The van der Waals surface area contributed by atoms with E-state index in [1.165, 1.54) is 5.56 Å². The summed E-state index contributed by atoms with van der Waals surface area (Å²) in [6, 6.07) is 12.7. The van der Waals surface area contributed by atoms with Gasteiger partial charge in [-0.25, -0.2) is 8.42 Å². The highest BCUT2D eigenvalue weighted by atomic mass is 32.2. The molecule has 3 rings (SSSR count). The van der Waals surface area contributed by atoms with E-state index in [0.29, 0.717) is 30.9 Å². The molecule has 1 aliphatic heterocycles. The van der Waals surface area contributed by atoms with Crippen LogP contribution in [0.2, 0.25) is 0 Å². The number of benzene rings is 2. The molecule has 170 valence electrons. The lowest BCUT2D eigenvalue weighted by atomic mass is 9.90. The first-order valence-corrected chi connectivity index (χ1v) is 12.6. The third-order valence-electron chi connectivity index (χ3n) is 6.01. The van der Waals surface area contributed by atoms with Gasteiger partial charge in [0, 0.05) is 25.1 Å². The molecule has 0 aliphatic carbocycles. The molecule has 3 atom stereocenters. The predicted octanol–water partition coefficient (Wildman–Crippen LogP) is 2.16. The number of aromatic hydroxyl groups is 1. The van der Waals surface area contributed by atoms with E-state index in [4.69, 9.17) is 5.11 Å². The number of phenolic OH excluding ortho intramolecular Hbond substituents is 1. The van der Waals surface area contributed by atoms with E-state index in [2.05, 4.69) is 31.3 Å². The molecule has 0 spiro atoms. The summed E-state index contributed by atoms with van der Waals surface area (Å²) in [5, 5.41) is 33.3. The van der Waals surface area contributed by atoms with Gasteiger partial charge in [-0.2, -0.15) is 0 Å². The molecule has 2 aromatic carbocycles. The summed E-state index contributed by atoms with van der Waals surface area (Å²) in [7, 11) is -3.30. The van der Waals surface area contributed by atoms with Crippen LogP contribution in [0.5, 0.6) is 5.75 Å². The molecule has 1 fully saturated rings. The lowest BCUT2D eigenvalue weighted by molar-refractivity contribution is 0.0781. The van der Waals surface area contributed by atoms with Crippen molar-refractivity contribution in [2.24, 2.45) is 5.92 Å². The third kappa shape index (κ3) is 6.29. The SMILES string of the molecule is CC(C)c1cccc(CN[C@H]2CS(=O)(=O)C[C@@H](Cc3ccc(O)c(CCO)c3)[C@@H]2O)c1. The molecule has 0 radical (unpaired) electrons. The zero-order valence-electron chi connectivity index (χ0n) is 18.2. The highest BCUT2D eigenvalue weighted by Crippen LogP contribution is 2.27. The molecular weight excluding hydrogens is 414 g/mol. The van der Waals surface area contributed by atoms with Crippen molar-refractivity contribution in [1.29, 1.82) is 0 Å². The van der Waals surface area contributed by atoms with Gasteiger partial charge in [-0.15, -0.1) is 0 Å². The summed E-state index contributed by atoms with van der Waals surface area (Å²) in [5.41, 5.74) is 3.74. The van der Waals surface area contributed by atoms with Crippen molar-refractivity contribution in [3.05, 3.63) is 64.7 Å². The van der Waals surface area contributed by atoms with E-state index >= 15 is 0 Å². The minimum Gasteiger partial charge on any atom is -0.508 e. The van der Waals surface area contributed by atoms with Crippen LogP contribution in [-0.4, -0.2) is 54.0 Å². The van der Waals surface area contributed by atoms with Crippen molar-refractivity contribution in [1.82, 2.24) is 5.32 Å². The van der Waals surface area contributed by atoms with Gasteiger partial charge in [-0.3, -0.25) is 0 Å². The summed E-state index contributed by atoms with van der Waals surface area (Å²) < 4.78 is 25.1. The van der Waals surface area contributed by atoms with Crippen molar-refractivity contribution in [3.63, 3.8) is 0 Å². The zero-order chi connectivity index (χ0) is 22.6. The Kier molecular flexibility index (Phi) is 7.75. The maximum Gasteiger partial charge on any atom is 0.152 e. The van der Waals surface area contributed by atoms with E-state index in [1.54, 1.807) is 18.2 Å². The Morgan fingerprint density at radius 1 is 1.10 bits per heavy atom. The fraction of sp³-hybridized carbons (Fsp3) is 0.500. The number of phenols is 1. The van der Waals surface area contributed by atoms with E-state index in [-0.39, 0.29) is 23.9 Å². The first-order chi connectivity index (χ1) is 14.7. The molecule has 7 heteroatoms. The molecule has 31 heavy (non-hydrogen) atoms. The van der Waals surface area contributed by atoms with Crippen molar-refractivity contribution >= 4 is 9.84 Å². The molecule has 0 aromatic heterocycles.